The first-order valence-corrected chi connectivity index (χ1v) is 12.4. The number of halogens is 1. The Balaban J connectivity index is 1.73. The maximum absolute atomic E-state index is 5.96. The van der Waals surface area contributed by atoms with E-state index in [2.05, 4.69) is 96.0 Å². The summed E-state index contributed by atoms with van der Waals surface area (Å²) < 4.78 is 5.39. The molecule has 4 aromatic carbocycles. The van der Waals surface area contributed by atoms with Crippen LogP contribution in [0.25, 0.3) is 0 Å². The maximum Gasteiger partial charge on any atom is 0.0584 e. The van der Waals surface area contributed by atoms with E-state index in [-0.39, 0.29) is 0 Å². The van der Waals surface area contributed by atoms with Crippen LogP contribution in [0.15, 0.2) is 125 Å². The van der Waals surface area contributed by atoms with E-state index in [9.17, 15) is 0 Å². The van der Waals surface area contributed by atoms with Gasteiger partial charge in [0.25, 0.3) is 0 Å². The third kappa shape index (κ3) is 5.05. The van der Waals surface area contributed by atoms with Crippen molar-refractivity contribution in [1.29, 1.82) is 0 Å². The molecule has 0 saturated carbocycles. The van der Waals surface area contributed by atoms with Gasteiger partial charge in [-0.1, -0.05) is 115 Å². The highest BCUT2D eigenvalue weighted by Crippen LogP contribution is 2.46. The van der Waals surface area contributed by atoms with Gasteiger partial charge in [-0.3, -0.25) is 9.74 Å². The van der Waals surface area contributed by atoms with Crippen LogP contribution >= 0.6 is 18.7 Å². The molecule has 0 amide bonds. The SMILES string of the molecule is Clc1ccc(C=NCCN=P(c2ccccc2)(c2ccccc2)c2ccccc2)cc1. The Kier molecular flexibility index (Phi) is 7.14. The summed E-state index contributed by atoms with van der Waals surface area (Å²) >= 11 is 5.96. The van der Waals surface area contributed by atoms with E-state index in [0.717, 1.165) is 10.6 Å². The predicted octanol–water partition coefficient (Wildman–Crippen LogP) is 5.94. The summed E-state index contributed by atoms with van der Waals surface area (Å²) in [5.74, 6) is 0. The van der Waals surface area contributed by atoms with Crippen molar-refractivity contribution in [3.63, 3.8) is 0 Å². The van der Waals surface area contributed by atoms with Crippen molar-refractivity contribution in [2.24, 2.45) is 9.74 Å². The summed E-state index contributed by atoms with van der Waals surface area (Å²) in [5, 5.41) is 4.51. The van der Waals surface area contributed by atoms with E-state index < -0.39 is 7.05 Å². The molecule has 0 unspecified atom stereocenters. The van der Waals surface area contributed by atoms with Crippen molar-refractivity contribution >= 4 is 40.8 Å². The number of aliphatic imine (C=N–C) groups is 1. The molecule has 31 heavy (non-hydrogen) atoms. The van der Waals surface area contributed by atoms with Gasteiger partial charge in [0.2, 0.25) is 0 Å². The molecule has 0 heterocycles. The second-order valence-corrected chi connectivity index (χ2v) is 10.6. The van der Waals surface area contributed by atoms with Crippen LogP contribution < -0.4 is 15.9 Å². The molecule has 0 fully saturated rings. The second-order valence-electron chi connectivity index (χ2n) is 7.09. The van der Waals surface area contributed by atoms with Crippen LogP contribution in [0.3, 0.4) is 0 Å². The van der Waals surface area contributed by atoms with E-state index in [1.807, 2.05) is 30.5 Å². The fraction of sp³-hybridized carbons (Fsp3) is 0.0741. The topological polar surface area (TPSA) is 24.7 Å². The molecular weight excluding hydrogens is 419 g/mol. The van der Waals surface area contributed by atoms with Crippen molar-refractivity contribution < 1.29 is 0 Å². The Labute approximate surface area is 189 Å². The lowest BCUT2D eigenvalue weighted by atomic mass is 10.2. The lowest BCUT2D eigenvalue weighted by Crippen LogP contribution is -2.25. The van der Waals surface area contributed by atoms with Crippen LogP contribution in [-0.4, -0.2) is 19.3 Å². The third-order valence-electron chi connectivity index (χ3n) is 5.04. The molecule has 0 saturated heterocycles. The molecule has 154 valence electrons. The predicted molar refractivity (Wildman–Crippen MR) is 136 cm³/mol. The quantitative estimate of drug-likeness (QED) is 0.192. The van der Waals surface area contributed by atoms with Gasteiger partial charge < -0.3 is 0 Å². The molecule has 4 heteroatoms. The summed E-state index contributed by atoms with van der Waals surface area (Å²) in [4.78, 5) is 4.61. The van der Waals surface area contributed by atoms with E-state index in [0.29, 0.717) is 13.1 Å². The van der Waals surface area contributed by atoms with Gasteiger partial charge in [-0.05, 0) is 17.7 Å². The standard InChI is InChI=1S/C27H24ClN2P/c28-24-18-16-23(17-19-24)22-29-20-21-30-31(25-10-4-1-5-11-25,26-12-6-2-7-13-26)27-14-8-3-9-15-27/h1-19,22H,20-21H2. The molecule has 4 rings (SSSR count). The maximum atomic E-state index is 5.96. The summed E-state index contributed by atoms with van der Waals surface area (Å²) in [6.45, 7) is 1.29. The van der Waals surface area contributed by atoms with E-state index in [4.69, 9.17) is 16.3 Å². The van der Waals surface area contributed by atoms with Gasteiger partial charge in [0.1, 0.15) is 0 Å². The third-order valence-corrected chi connectivity index (χ3v) is 9.05. The minimum atomic E-state index is -2.14. The van der Waals surface area contributed by atoms with Crippen LogP contribution in [-0.2, 0) is 0 Å². The van der Waals surface area contributed by atoms with Crippen LogP contribution in [0.4, 0.5) is 0 Å². The average Bonchev–Trinajstić information content (AvgIpc) is 2.84. The first kappa shape index (κ1) is 21.3. The molecule has 0 bridgehead atoms. The lowest BCUT2D eigenvalue weighted by Gasteiger charge is -2.27. The highest BCUT2D eigenvalue weighted by Gasteiger charge is 2.26. The Morgan fingerprint density at radius 3 is 1.48 bits per heavy atom. The van der Waals surface area contributed by atoms with Gasteiger partial charge in [0, 0.05) is 27.2 Å². The van der Waals surface area contributed by atoms with Crippen molar-refractivity contribution in [3.8, 4) is 0 Å². The minimum Gasteiger partial charge on any atom is -0.291 e. The van der Waals surface area contributed by atoms with E-state index in [1.54, 1.807) is 0 Å². The Bertz CT molecular complexity index is 1070. The molecule has 0 N–H and O–H groups in total. The second kappa shape index (κ2) is 10.4. The number of hydrogen-bond acceptors (Lipinski definition) is 2. The Morgan fingerprint density at radius 1 is 0.581 bits per heavy atom. The summed E-state index contributed by atoms with van der Waals surface area (Å²) in [6, 6.07) is 39.7. The van der Waals surface area contributed by atoms with Crippen molar-refractivity contribution in [2.45, 2.75) is 0 Å². The van der Waals surface area contributed by atoms with Crippen LogP contribution in [0, 0.1) is 0 Å². The molecule has 0 aliphatic heterocycles. The zero-order valence-electron chi connectivity index (χ0n) is 17.2. The summed E-state index contributed by atoms with van der Waals surface area (Å²) in [5.41, 5.74) is 1.04. The molecule has 0 aliphatic rings. The molecule has 0 aliphatic carbocycles. The van der Waals surface area contributed by atoms with Crippen molar-refractivity contribution in [2.75, 3.05) is 13.1 Å². The smallest absolute Gasteiger partial charge is 0.0584 e. The van der Waals surface area contributed by atoms with Gasteiger partial charge in [-0.25, -0.2) is 0 Å². The van der Waals surface area contributed by atoms with Crippen molar-refractivity contribution in [1.82, 2.24) is 0 Å². The average molecular weight is 443 g/mol. The monoisotopic (exact) mass is 442 g/mol. The summed E-state index contributed by atoms with van der Waals surface area (Å²) in [7, 11) is -2.14. The molecule has 0 spiro atoms. The molecule has 0 radical (unpaired) electrons. The van der Waals surface area contributed by atoms with Gasteiger partial charge >= 0.3 is 0 Å². The number of nitrogens with zero attached hydrogens (tertiary/aromatic N) is 2. The zero-order chi connectivity index (χ0) is 21.4. The number of hydrogen-bond donors (Lipinski definition) is 0. The molecule has 2 nitrogen and oxygen atoms in total. The van der Waals surface area contributed by atoms with Crippen LogP contribution in [0.5, 0.6) is 0 Å². The molecule has 0 aromatic heterocycles. The van der Waals surface area contributed by atoms with E-state index in [1.165, 1.54) is 15.9 Å². The fourth-order valence-corrected chi connectivity index (χ4v) is 7.31. The highest BCUT2D eigenvalue weighted by atomic mass is 35.5. The zero-order valence-corrected chi connectivity index (χ0v) is 18.8. The van der Waals surface area contributed by atoms with E-state index >= 15 is 0 Å². The van der Waals surface area contributed by atoms with Gasteiger partial charge in [0.05, 0.1) is 20.1 Å². The first-order valence-electron chi connectivity index (χ1n) is 10.3. The molecule has 4 aromatic rings. The van der Waals surface area contributed by atoms with Crippen LogP contribution in [0.2, 0.25) is 5.02 Å². The minimum absolute atomic E-state index is 0.636. The molecule has 0 atom stereocenters. The van der Waals surface area contributed by atoms with Crippen LogP contribution in [0.1, 0.15) is 5.56 Å². The normalized spacial score (nSPS) is 11.5. The van der Waals surface area contributed by atoms with Crippen molar-refractivity contribution in [3.05, 3.63) is 126 Å². The highest BCUT2D eigenvalue weighted by molar-refractivity contribution is 7.87. The summed E-state index contributed by atoms with van der Waals surface area (Å²) in [6.07, 6.45) is 1.89. The fourth-order valence-electron chi connectivity index (χ4n) is 3.59. The van der Waals surface area contributed by atoms with Gasteiger partial charge in [-0.15, -0.1) is 0 Å². The van der Waals surface area contributed by atoms with Gasteiger partial charge in [-0.2, -0.15) is 0 Å². The Morgan fingerprint density at radius 2 is 1.03 bits per heavy atom. The largest absolute Gasteiger partial charge is 0.291 e. The lowest BCUT2D eigenvalue weighted by molar-refractivity contribution is 0.991. The first-order chi connectivity index (χ1) is 15.3. The van der Waals surface area contributed by atoms with Gasteiger partial charge in [0.15, 0.2) is 0 Å². The Hall–Kier alpha value is -2.93. The number of benzene rings is 4. The number of rotatable bonds is 7. The molecular formula is C27H24ClN2P.